The van der Waals surface area contributed by atoms with Crippen molar-refractivity contribution in [1.29, 1.82) is 0 Å². The quantitative estimate of drug-likeness (QED) is 0.881. The van der Waals surface area contributed by atoms with E-state index in [1.807, 2.05) is 28.9 Å². The highest BCUT2D eigenvalue weighted by atomic mass is 16.2. The summed E-state index contributed by atoms with van der Waals surface area (Å²) < 4.78 is 1.87. The summed E-state index contributed by atoms with van der Waals surface area (Å²) >= 11 is 0. The summed E-state index contributed by atoms with van der Waals surface area (Å²) in [4.78, 5) is 12.9. The highest BCUT2D eigenvalue weighted by Gasteiger charge is 2.27. The predicted octanol–water partition coefficient (Wildman–Crippen LogP) is 3.80. The molecule has 0 spiro atoms. The molecule has 5 heteroatoms. The fourth-order valence-corrected chi connectivity index (χ4v) is 3.42. The van der Waals surface area contributed by atoms with E-state index >= 15 is 0 Å². The first-order chi connectivity index (χ1) is 12.3. The minimum absolute atomic E-state index is 0.0459. The van der Waals surface area contributed by atoms with Gasteiger partial charge in [0.1, 0.15) is 5.82 Å². The number of carbonyl (C=O) groups excluding carboxylic acids is 1. The number of aryl methyl sites for hydroxylation is 1. The first-order valence-corrected chi connectivity index (χ1v) is 9.46. The number of anilines is 1. The van der Waals surface area contributed by atoms with Crippen LogP contribution in [-0.4, -0.2) is 28.3 Å². The maximum Gasteiger partial charge on any atom is 0.228 e. The lowest BCUT2D eigenvalue weighted by Crippen LogP contribution is -2.40. The molecule has 1 aliphatic rings. The third-order valence-corrected chi connectivity index (χ3v) is 5.07. The molecule has 3 rings (SSSR count). The lowest BCUT2D eigenvalue weighted by Gasteiger charge is -2.27. The molecule has 2 atom stereocenters. The Morgan fingerprint density at radius 1 is 1.31 bits per heavy atom. The second kappa shape index (κ2) is 7.23. The van der Waals surface area contributed by atoms with Crippen molar-refractivity contribution in [2.24, 2.45) is 5.92 Å². The van der Waals surface area contributed by atoms with E-state index in [-0.39, 0.29) is 17.2 Å². The van der Waals surface area contributed by atoms with E-state index in [4.69, 9.17) is 5.10 Å². The van der Waals surface area contributed by atoms with E-state index in [1.165, 1.54) is 0 Å². The maximum absolute atomic E-state index is 12.9. The number of rotatable bonds is 3. The van der Waals surface area contributed by atoms with Crippen LogP contribution in [0.25, 0.3) is 5.69 Å². The van der Waals surface area contributed by atoms with Crippen molar-refractivity contribution in [3.63, 3.8) is 0 Å². The zero-order valence-electron chi connectivity index (χ0n) is 16.5. The average Bonchev–Trinajstić information content (AvgIpc) is 2.99. The molecule has 140 valence electrons. The molecule has 2 heterocycles. The lowest BCUT2D eigenvalue weighted by molar-refractivity contribution is -0.120. The summed E-state index contributed by atoms with van der Waals surface area (Å²) in [7, 11) is 0. The average molecular weight is 354 g/mol. The lowest BCUT2D eigenvalue weighted by atomic mass is 9.92. The normalized spacial score (nSPS) is 20.8. The minimum atomic E-state index is -0.0866. The summed E-state index contributed by atoms with van der Waals surface area (Å²) in [5.74, 6) is 0.888. The number of hydrogen-bond donors (Lipinski definition) is 2. The van der Waals surface area contributed by atoms with Crippen LogP contribution in [0, 0.1) is 12.8 Å². The smallest absolute Gasteiger partial charge is 0.228 e. The van der Waals surface area contributed by atoms with Crippen LogP contribution < -0.4 is 10.6 Å². The van der Waals surface area contributed by atoms with Gasteiger partial charge in [-0.15, -0.1) is 0 Å². The van der Waals surface area contributed by atoms with Gasteiger partial charge in [-0.2, -0.15) is 5.10 Å². The van der Waals surface area contributed by atoms with Crippen LogP contribution >= 0.6 is 0 Å². The molecule has 1 amide bonds. The van der Waals surface area contributed by atoms with Gasteiger partial charge in [-0.1, -0.05) is 39.0 Å². The van der Waals surface area contributed by atoms with Gasteiger partial charge in [0.25, 0.3) is 0 Å². The number of para-hydroxylation sites is 1. The fraction of sp³-hybridized carbons (Fsp3) is 0.524. The number of amides is 1. The molecule has 1 saturated heterocycles. The standard InChI is InChI=1S/C21H30N4O/c1-14-8-6-7-9-17(14)25-19(13-18(24-25)21(3,4)5)23-20(26)16-10-11-22-15(2)12-16/h6-9,13,15-16,22H,10-12H2,1-5H3,(H,23,26)/t15-,16-/m0/s1. The van der Waals surface area contributed by atoms with Gasteiger partial charge in [0.2, 0.25) is 5.91 Å². The Hall–Kier alpha value is -2.14. The molecule has 1 fully saturated rings. The third-order valence-electron chi connectivity index (χ3n) is 5.07. The zero-order valence-corrected chi connectivity index (χ0v) is 16.5. The Morgan fingerprint density at radius 3 is 2.69 bits per heavy atom. The predicted molar refractivity (Wildman–Crippen MR) is 106 cm³/mol. The summed E-state index contributed by atoms with van der Waals surface area (Å²) in [6, 6.07) is 10.5. The number of aromatic nitrogens is 2. The van der Waals surface area contributed by atoms with Gasteiger partial charge >= 0.3 is 0 Å². The van der Waals surface area contributed by atoms with Gasteiger partial charge in [0, 0.05) is 23.4 Å². The van der Waals surface area contributed by atoms with Crippen LogP contribution in [0.5, 0.6) is 0 Å². The van der Waals surface area contributed by atoms with Gasteiger partial charge < -0.3 is 10.6 Å². The van der Waals surface area contributed by atoms with E-state index in [1.54, 1.807) is 0 Å². The number of nitrogens with one attached hydrogen (secondary N) is 2. The Morgan fingerprint density at radius 2 is 2.04 bits per heavy atom. The van der Waals surface area contributed by atoms with Crippen LogP contribution in [0.4, 0.5) is 5.82 Å². The molecule has 5 nitrogen and oxygen atoms in total. The minimum Gasteiger partial charge on any atom is -0.314 e. The summed E-state index contributed by atoms with van der Waals surface area (Å²) in [6.45, 7) is 11.5. The van der Waals surface area contributed by atoms with Crippen molar-refractivity contribution in [2.75, 3.05) is 11.9 Å². The third kappa shape index (κ3) is 3.98. The molecule has 1 aliphatic heterocycles. The summed E-state index contributed by atoms with van der Waals surface area (Å²) in [5, 5.41) is 11.4. The van der Waals surface area contributed by atoms with E-state index in [9.17, 15) is 4.79 Å². The van der Waals surface area contributed by atoms with Gasteiger partial charge in [-0.25, -0.2) is 4.68 Å². The van der Waals surface area contributed by atoms with E-state index in [2.05, 4.69) is 51.3 Å². The zero-order chi connectivity index (χ0) is 18.9. The van der Waals surface area contributed by atoms with Crippen LogP contribution in [0.3, 0.4) is 0 Å². The molecule has 0 bridgehead atoms. The topological polar surface area (TPSA) is 59.0 Å². The van der Waals surface area contributed by atoms with Crippen LogP contribution in [0.1, 0.15) is 51.8 Å². The number of carbonyl (C=O) groups is 1. The molecular weight excluding hydrogens is 324 g/mol. The van der Waals surface area contributed by atoms with Crippen molar-refractivity contribution >= 4 is 11.7 Å². The van der Waals surface area contributed by atoms with Gasteiger partial charge in [-0.05, 0) is 44.9 Å². The molecule has 1 aromatic carbocycles. The van der Waals surface area contributed by atoms with Crippen molar-refractivity contribution in [3.05, 3.63) is 41.6 Å². The monoisotopic (exact) mass is 354 g/mol. The largest absolute Gasteiger partial charge is 0.314 e. The van der Waals surface area contributed by atoms with Crippen molar-refractivity contribution in [1.82, 2.24) is 15.1 Å². The SMILES string of the molecule is Cc1ccccc1-n1nc(C(C)(C)C)cc1NC(=O)[C@H]1CCN[C@@H](C)C1. The summed E-state index contributed by atoms with van der Waals surface area (Å²) in [5.41, 5.74) is 3.00. The van der Waals surface area contributed by atoms with Gasteiger partial charge in [0.15, 0.2) is 0 Å². The maximum atomic E-state index is 12.9. The molecule has 1 aromatic heterocycles. The molecule has 0 radical (unpaired) electrons. The number of hydrogen-bond acceptors (Lipinski definition) is 3. The molecule has 26 heavy (non-hydrogen) atoms. The van der Waals surface area contributed by atoms with Gasteiger partial charge in [-0.3, -0.25) is 4.79 Å². The highest BCUT2D eigenvalue weighted by molar-refractivity contribution is 5.92. The first-order valence-electron chi connectivity index (χ1n) is 9.46. The molecule has 0 unspecified atom stereocenters. The van der Waals surface area contributed by atoms with E-state index in [0.717, 1.165) is 42.1 Å². The molecule has 2 N–H and O–H groups in total. The number of nitrogens with zero attached hydrogens (tertiary/aromatic N) is 2. The molecular formula is C21H30N4O. The van der Waals surface area contributed by atoms with Crippen LogP contribution in [-0.2, 0) is 10.2 Å². The van der Waals surface area contributed by atoms with Crippen molar-refractivity contribution in [3.8, 4) is 5.69 Å². The number of benzene rings is 1. The Bertz CT molecular complexity index is 788. The second-order valence-electron chi connectivity index (χ2n) is 8.43. The van der Waals surface area contributed by atoms with Crippen molar-refractivity contribution in [2.45, 2.75) is 58.9 Å². The van der Waals surface area contributed by atoms with E-state index in [0.29, 0.717) is 6.04 Å². The molecule has 2 aromatic rings. The second-order valence-corrected chi connectivity index (χ2v) is 8.43. The Labute approximate surface area is 156 Å². The van der Waals surface area contributed by atoms with Crippen molar-refractivity contribution < 1.29 is 4.79 Å². The highest BCUT2D eigenvalue weighted by Crippen LogP contribution is 2.28. The van der Waals surface area contributed by atoms with Crippen LogP contribution in [0.2, 0.25) is 0 Å². The van der Waals surface area contributed by atoms with E-state index < -0.39 is 0 Å². The Balaban J connectivity index is 1.93. The summed E-state index contributed by atoms with van der Waals surface area (Å²) in [6.07, 6.45) is 1.75. The van der Waals surface area contributed by atoms with Crippen LogP contribution in [0.15, 0.2) is 30.3 Å². The van der Waals surface area contributed by atoms with Gasteiger partial charge in [0.05, 0.1) is 11.4 Å². The Kier molecular flexibility index (Phi) is 5.19. The first kappa shape index (κ1) is 18.6. The number of piperidine rings is 1. The molecule has 0 aliphatic carbocycles. The fourth-order valence-electron chi connectivity index (χ4n) is 3.42. The molecule has 0 saturated carbocycles.